The lowest BCUT2D eigenvalue weighted by Crippen LogP contribution is -2.23. The zero-order valence-electron chi connectivity index (χ0n) is 11.9. The van der Waals surface area contributed by atoms with Crippen molar-refractivity contribution >= 4 is 21.4 Å². The van der Waals surface area contributed by atoms with Gasteiger partial charge in [-0.05, 0) is 31.0 Å². The van der Waals surface area contributed by atoms with E-state index in [1.807, 2.05) is 6.92 Å². The Morgan fingerprint density at radius 1 is 1.35 bits per heavy atom. The molecule has 0 fully saturated rings. The number of nitrogens with one attached hydrogen (secondary N) is 2. The first kappa shape index (κ1) is 16.7. The van der Waals surface area contributed by atoms with Crippen molar-refractivity contribution in [3.8, 4) is 0 Å². The summed E-state index contributed by atoms with van der Waals surface area (Å²) in [5.41, 5.74) is 6.86. The van der Waals surface area contributed by atoms with Crippen molar-refractivity contribution in [3.05, 3.63) is 18.2 Å². The Hall–Kier alpha value is -1.31. The molecule has 20 heavy (non-hydrogen) atoms. The molecule has 1 unspecified atom stereocenters. The molecule has 1 aromatic carbocycles. The van der Waals surface area contributed by atoms with Gasteiger partial charge in [-0.1, -0.05) is 13.8 Å². The standard InChI is InChI=1S/C13H23N3O3S/c1-3-10(17)7-8-15-13-9-11(5-6-12(13)14)20(18,19)16-4-2/h5-6,9-10,15-17H,3-4,7-8,14H2,1-2H3. The van der Waals surface area contributed by atoms with Crippen LogP contribution in [0.3, 0.4) is 0 Å². The van der Waals surface area contributed by atoms with Gasteiger partial charge in [0.25, 0.3) is 0 Å². The smallest absolute Gasteiger partial charge is 0.240 e. The van der Waals surface area contributed by atoms with Gasteiger partial charge in [0.2, 0.25) is 10.0 Å². The molecule has 1 rings (SSSR count). The van der Waals surface area contributed by atoms with E-state index in [0.29, 0.717) is 37.3 Å². The predicted octanol–water partition coefficient (Wildman–Crippen LogP) is 1.14. The number of rotatable bonds is 8. The molecule has 0 amide bonds. The molecule has 0 aromatic heterocycles. The maximum Gasteiger partial charge on any atom is 0.240 e. The van der Waals surface area contributed by atoms with Crippen LogP contribution in [0.2, 0.25) is 0 Å². The first-order valence-electron chi connectivity index (χ1n) is 6.71. The van der Waals surface area contributed by atoms with Crippen LogP contribution in [0.5, 0.6) is 0 Å². The summed E-state index contributed by atoms with van der Waals surface area (Å²) >= 11 is 0. The van der Waals surface area contributed by atoms with Gasteiger partial charge in [-0.15, -0.1) is 0 Å². The van der Waals surface area contributed by atoms with Crippen molar-refractivity contribution in [3.63, 3.8) is 0 Å². The average Bonchev–Trinajstić information content (AvgIpc) is 2.40. The van der Waals surface area contributed by atoms with Crippen LogP contribution < -0.4 is 15.8 Å². The number of nitrogen functional groups attached to an aromatic ring is 1. The molecule has 0 saturated heterocycles. The number of benzene rings is 1. The molecule has 0 heterocycles. The predicted molar refractivity (Wildman–Crippen MR) is 81.1 cm³/mol. The minimum atomic E-state index is -3.49. The molecule has 114 valence electrons. The minimum absolute atomic E-state index is 0.173. The van der Waals surface area contributed by atoms with Gasteiger partial charge in [0.1, 0.15) is 0 Å². The third-order valence-corrected chi connectivity index (χ3v) is 4.48. The van der Waals surface area contributed by atoms with E-state index < -0.39 is 10.0 Å². The topological polar surface area (TPSA) is 104 Å². The highest BCUT2D eigenvalue weighted by Gasteiger charge is 2.14. The van der Waals surface area contributed by atoms with Crippen LogP contribution in [0.25, 0.3) is 0 Å². The monoisotopic (exact) mass is 301 g/mol. The lowest BCUT2D eigenvalue weighted by molar-refractivity contribution is 0.164. The van der Waals surface area contributed by atoms with E-state index in [1.54, 1.807) is 13.0 Å². The fraction of sp³-hybridized carbons (Fsp3) is 0.538. The van der Waals surface area contributed by atoms with Crippen LogP contribution in [0.15, 0.2) is 23.1 Å². The number of sulfonamides is 1. The highest BCUT2D eigenvalue weighted by molar-refractivity contribution is 7.89. The number of hydrogen-bond acceptors (Lipinski definition) is 5. The SMILES string of the molecule is CCNS(=O)(=O)c1ccc(N)c(NCCC(O)CC)c1. The number of aliphatic hydroxyl groups is 1. The third kappa shape index (κ3) is 4.66. The Bertz CT molecular complexity index is 532. The van der Waals surface area contributed by atoms with Gasteiger partial charge in [-0.2, -0.15) is 0 Å². The summed E-state index contributed by atoms with van der Waals surface area (Å²) in [6, 6.07) is 4.54. The Labute approximate surface area is 120 Å². The van der Waals surface area contributed by atoms with E-state index in [4.69, 9.17) is 5.73 Å². The second kappa shape index (κ2) is 7.47. The summed E-state index contributed by atoms with van der Waals surface area (Å²) in [6.45, 7) is 4.49. The molecule has 1 atom stereocenters. The number of anilines is 2. The van der Waals surface area contributed by atoms with E-state index in [1.165, 1.54) is 12.1 Å². The Balaban J connectivity index is 2.82. The van der Waals surface area contributed by atoms with Crippen LogP contribution in [-0.4, -0.2) is 32.7 Å². The van der Waals surface area contributed by atoms with Crippen molar-refractivity contribution in [2.45, 2.75) is 37.7 Å². The fourth-order valence-electron chi connectivity index (χ4n) is 1.71. The fourth-order valence-corrected chi connectivity index (χ4v) is 2.77. The quantitative estimate of drug-likeness (QED) is 0.539. The molecule has 0 bridgehead atoms. The average molecular weight is 301 g/mol. The van der Waals surface area contributed by atoms with E-state index in [0.717, 1.165) is 0 Å². The molecule has 6 nitrogen and oxygen atoms in total. The van der Waals surface area contributed by atoms with Gasteiger partial charge in [-0.3, -0.25) is 0 Å². The van der Waals surface area contributed by atoms with Crippen molar-refractivity contribution in [1.82, 2.24) is 4.72 Å². The lowest BCUT2D eigenvalue weighted by atomic mass is 10.2. The first-order chi connectivity index (χ1) is 9.40. The zero-order valence-corrected chi connectivity index (χ0v) is 12.7. The molecule has 5 N–H and O–H groups in total. The summed E-state index contributed by atoms with van der Waals surface area (Å²) < 4.78 is 26.2. The van der Waals surface area contributed by atoms with Gasteiger partial charge in [0.05, 0.1) is 22.4 Å². The van der Waals surface area contributed by atoms with Gasteiger partial charge in [0.15, 0.2) is 0 Å². The Kier molecular flexibility index (Phi) is 6.25. The highest BCUT2D eigenvalue weighted by Crippen LogP contribution is 2.22. The normalized spacial score (nSPS) is 13.2. The third-order valence-electron chi connectivity index (χ3n) is 2.93. The first-order valence-corrected chi connectivity index (χ1v) is 8.20. The van der Waals surface area contributed by atoms with Crippen molar-refractivity contribution in [2.24, 2.45) is 0 Å². The molecule has 0 aliphatic rings. The summed E-state index contributed by atoms with van der Waals surface area (Å²) in [7, 11) is -3.49. The van der Waals surface area contributed by atoms with Gasteiger partial charge >= 0.3 is 0 Å². The van der Waals surface area contributed by atoms with E-state index in [9.17, 15) is 13.5 Å². The summed E-state index contributed by atoms with van der Waals surface area (Å²) in [4.78, 5) is 0.173. The second-order valence-electron chi connectivity index (χ2n) is 4.53. The molecule has 0 radical (unpaired) electrons. The molecule has 0 saturated carbocycles. The molecule has 0 spiro atoms. The summed E-state index contributed by atoms with van der Waals surface area (Å²) in [5.74, 6) is 0. The van der Waals surface area contributed by atoms with Crippen LogP contribution in [-0.2, 0) is 10.0 Å². The van der Waals surface area contributed by atoms with Crippen LogP contribution in [0.1, 0.15) is 26.7 Å². The molecule has 7 heteroatoms. The molecule has 0 aliphatic carbocycles. The van der Waals surface area contributed by atoms with Crippen molar-refractivity contribution in [2.75, 3.05) is 24.1 Å². The van der Waals surface area contributed by atoms with Crippen molar-refractivity contribution < 1.29 is 13.5 Å². The maximum atomic E-state index is 11.9. The summed E-state index contributed by atoms with van der Waals surface area (Å²) in [5, 5.41) is 12.5. The molecular weight excluding hydrogens is 278 g/mol. The van der Waals surface area contributed by atoms with Crippen LogP contribution in [0, 0.1) is 0 Å². The van der Waals surface area contributed by atoms with Gasteiger partial charge < -0.3 is 16.2 Å². The summed E-state index contributed by atoms with van der Waals surface area (Å²) in [6.07, 6.45) is 0.906. The molecule has 1 aromatic rings. The number of nitrogens with two attached hydrogens (primary N) is 1. The largest absolute Gasteiger partial charge is 0.397 e. The maximum absolute atomic E-state index is 11.9. The highest BCUT2D eigenvalue weighted by atomic mass is 32.2. The van der Waals surface area contributed by atoms with Crippen LogP contribution in [0.4, 0.5) is 11.4 Å². The number of hydrogen-bond donors (Lipinski definition) is 4. The van der Waals surface area contributed by atoms with Crippen molar-refractivity contribution in [1.29, 1.82) is 0 Å². The minimum Gasteiger partial charge on any atom is -0.397 e. The Morgan fingerprint density at radius 2 is 2.05 bits per heavy atom. The van der Waals surface area contributed by atoms with Gasteiger partial charge in [0, 0.05) is 13.1 Å². The Morgan fingerprint density at radius 3 is 2.65 bits per heavy atom. The van der Waals surface area contributed by atoms with Gasteiger partial charge in [-0.25, -0.2) is 13.1 Å². The van der Waals surface area contributed by atoms with E-state index >= 15 is 0 Å². The molecule has 0 aliphatic heterocycles. The molecular formula is C13H23N3O3S. The van der Waals surface area contributed by atoms with E-state index in [2.05, 4.69) is 10.0 Å². The van der Waals surface area contributed by atoms with Crippen LogP contribution >= 0.6 is 0 Å². The second-order valence-corrected chi connectivity index (χ2v) is 6.29. The lowest BCUT2D eigenvalue weighted by Gasteiger charge is -2.13. The van der Waals surface area contributed by atoms with E-state index in [-0.39, 0.29) is 11.0 Å². The number of aliphatic hydroxyl groups excluding tert-OH is 1. The zero-order chi connectivity index (χ0) is 15.2.